The molecule has 0 aliphatic heterocycles. The van der Waals surface area contributed by atoms with Crippen molar-refractivity contribution in [3.63, 3.8) is 0 Å². The van der Waals surface area contributed by atoms with Gasteiger partial charge in [-0.3, -0.25) is 5.43 Å². The lowest BCUT2D eigenvalue weighted by Crippen LogP contribution is -2.06. The molecule has 0 radical (unpaired) electrons. The second-order valence-corrected chi connectivity index (χ2v) is 6.94. The van der Waals surface area contributed by atoms with Gasteiger partial charge >= 0.3 is 0 Å². The van der Waals surface area contributed by atoms with E-state index in [1.165, 1.54) is 5.56 Å². The highest BCUT2D eigenvalue weighted by Crippen LogP contribution is 2.20. The van der Waals surface area contributed by atoms with Gasteiger partial charge in [-0.2, -0.15) is 5.10 Å². The van der Waals surface area contributed by atoms with Crippen LogP contribution in [0.4, 0.5) is 5.69 Å². The van der Waals surface area contributed by atoms with Gasteiger partial charge in [0.15, 0.2) is 5.16 Å². The largest absolute Gasteiger partial charge is 0.314 e. The molecule has 2 aromatic carbocycles. The minimum Gasteiger partial charge on any atom is -0.314 e. The Kier molecular flexibility index (Phi) is 6.52. The van der Waals surface area contributed by atoms with Gasteiger partial charge in [-0.05, 0) is 29.8 Å². The molecule has 3 rings (SSSR count). The second kappa shape index (κ2) is 9.27. The van der Waals surface area contributed by atoms with Crippen LogP contribution in [0, 0.1) is 0 Å². The maximum atomic E-state index is 5.90. The van der Waals surface area contributed by atoms with Crippen LogP contribution in [0.15, 0.2) is 83.7 Å². The van der Waals surface area contributed by atoms with Crippen LogP contribution in [-0.2, 0) is 6.54 Å². The smallest absolute Gasteiger partial charge is 0.169 e. The number of benzene rings is 2. The fourth-order valence-electron chi connectivity index (χ4n) is 2.35. The Bertz CT molecular complexity index is 873. The number of halogens is 1. The number of rotatable bonds is 8. The topological polar surface area (TPSA) is 42.2 Å². The van der Waals surface area contributed by atoms with E-state index in [1.54, 1.807) is 18.0 Å². The zero-order chi connectivity index (χ0) is 18.2. The number of thioether (sulfide) groups is 1. The number of nitrogens with one attached hydrogen (secondary N) is 1. The van der Waals surface area contributed by atoms with E-state index in [0.29, 0.717) is 5.02 Å². The summed E-state index contributed by atoms with van der Waals surface area (Å²) in [5, 5.41) is 5.97. The third-order valence-corrected chi connectivity index (χ3v) is 4.84. The fourth-order valence-corrected chi connectivity index (χ4v) is 3.19. The molecule has 1 aromatic heterocycles. The average molecular weight is 383 g/mol. The Morgan fingerprint density at radius 2 is 1.92 bits per heavy atom. The van der Waals surface area contributed by atoms with E-state index in [4.69, 9.17) is 11.6 Å². The van der Waals surface area contributed by atoms with Crippen LogP contribution < -0.4 is 5.43 Å². The van der Waals surface area contributed by atoms with Gasteiger partial charge in [0.2, 0.25) is 0 Å². The standard InChI is InChI=1S/C20H19ClN4S/c1-2-12-26-20-22-13-19(25(20)15-16-6-4-3-5-7-16)14-23-24-18-10-8-17(21)9-11-18/h2-11,13-14,24H,1,12,15H2/b23-14-. The van der Waals surface area contributed by atoms with Gasteiger partial charge in [0.25, 0.3) is 0 Å². The van der Waals surface area contributed by atoms with E-state index in [9.17, 15) is 0 Å². The molecule has 3 aromatic rings. The van der Waals surface area contributed by atoms with Gasteiger partial charge in [-0.15, -0.1) is 6.58 Å². The van der Waals surface area contributed by atoms with Crippen molar-refractivity contribution >= 4 is 35.3 Å². The van der Waals surface area contributed by atoms with Crippen molar-refractivity contribution in [3.05, 3.63) is 89.7 Å². The summed E-state index contributed by atoms with van der Waals surface area (Å²) in [6.45, 7) is 4.52. The molecule has 0 saturated heterocycles. The van der Waals surface area contributed by atoms with Gasteiger partial charge in [0.05, 0.1) is 30.3 Å². The van der Waals surface area contributed by atoms with Crippen LogP contribution in [0.3, 0.4) is 0 Å². The molecule has 0 aliphatic rings. The van der Waals surface area contributed by atoms with E-state index in [2.05, 4.69) is 38.8 Å². The molecule has 132 valence electrons. The Morgan fingerprint density at radius 1 is 1.15 bits per heavy atom. The maximum Gasteiger partial charge on any atom is 0.169 e. The second-order valence-electron chi connectivity index (χ2n) is 5.51. The molecule has 1 heterocycles. The molecule has 1 N–H and O–H groups in total. The molecule has 0 bridgehead atoms. The predicted molar refractivity (Wildman–Crippen MR) is 111 cm³/mol. The molecule has 0 aliphatic carbocycles. The van der Waals surface area contributed by atoms with Crippen LogP contribution >= 0.6 is 23.4 Å². The molecule has 0 amide bonds. The molecular weight excluding hydrogens is 364 g/mol. The average Bonchev–Trinajstić information content (AvgIpc) is 3.04. The Hall–Kier alpha value is -2.50. The Morgan fingerprint density at radius 3 is 2.65 bits per heavy atom. The van der Waals surface area contributed by atoms with E-state index in [-0.39, 0.29) is 0 Å². The molecule has 0 unspecified atom stereocenters. The first kappa shape index (κ1) is 18.3. The Labute approximate surface area is 162 Å². The summed E-state index contributed by atoms with van der Waals surface area (Å²) in [6, 6.07) is 17.7. The summed E-state index contributed by atoms with van der Waals surface area (Å²) < 4.78 is 2.15. The first-order chi connectivity index (χ1) is 12.8. The summed E-state index contributed by atoms with van der Waals surface area (Å²) in [7, 11) is 0. The summed E-state index contributed by atoms with van der Waals surface area (Å²) >= 11 is 7.55. The van der Waals surface area contributed by atoms with Crippen molar-refractivity contribution in [1.82, 2.24) is 9.55 Å². The van der Waals surface area contributed by atoms with Gasteiger partial charge in [-0.25, -0.2) is 4.98 Å². The van der Waals surface area contributed by atoms with Crippen molar-refractivity contribution in [3.8, 4) is 0 Å². The van der Waals surface area contributed by atoms with Crippen molar-refractivity contribution in [2.45, 2.75) is 11.7 Å². The number of nitrogens with zero attached hydrogens (tertiary/aromatic N) is 3. The van der Waals surface area contributed by atoms with Gasteiger partial charge in [0, 0.05) is 10.8 Å². The number of aromatic nitrogens is 2. The lowest BCUT2D eigenvalue weighted by Gasteiger charge is -2.09. The molecule has 4 nitrogen and oxygen atoms in total. The predicted octanol–water partition coefficient (Wildman–Crippen LogP) is 5.31. The number of imidazole rings is 1. The summed E-state index contributed by atoms with van der Waals surface area (Å²) in [6.07, 6.45) is 5.49. The lowest BCUT2D eigenvalue weighted by atomic mass is 10.2. The maximum absolute atomic E-state index is 5.90. The number of hydrogen-bond donors (Lipinski definition) is 1. The van der Waals surface area contributed by atoms with Gasteiger partial charge in [-0.1, -0.05) is 59.8 Å². The number of hydrazone groups is 1. The zero-order valence-electron chi connectivity index (χ0n) is 14.2. The minimum atomic E-state index is 0.698. The molecule has 0 saturated carbocycles. The summed E-state index contributed by atoms with van der Waals surface area (Å²) in [4.78, 5) is 4.53. The quantitative estimate of drug-likeness (QED) is 0.248. The lowest BCUT2D eigenvalue weighted by molar-refractivity contribution is 0.705. The zero-order valence-corrected chi connectivity index (χ0v) is 15.7. The number of anilines is 1. The van der Waals surface area contributed by atoms with Crippen molar-refractivity contribution in [2.75, 3.05) is 11.2 Å². The van der Waals surface area contributed by atoms with Crippen molar-refractivity contribution in [1.29, 1.82) is 0 Å². The molecule has 26 heavy (non-hydrogen) atoms. The van der Waals surface area contributed by atoms with Crippen LogP contribution in [0.25, 0.3) is 0 Å². The van der Waals surface area contributed by atoms with Crippen molar-refractivity contribution < 1.29 is 0 Å². The molecule has 0 spiro atoms. The Balaban J connectivity index is 1.78. The van der Waals surface area contributed by atoms with Crippen molar-refractivity contribution in [2.24, 2.45) is 5.10 Å². The van der Waals surface area contributed by atoms with E-state index >= 15 is 0 Å². The van der Waals surface area contributed by atoms with Crippen LogP contribution in [-0.4, -0.2) is 21.5 Å². The molecular formula is C20H19ClN4S. The van der Waals surface area contributed by atoms with Gasteiger partial charge < -0.3 is 4.57 Å². The van der Waals surface area contributed by atoms with Gasteiger partial charge in [0.1, 0.15) is 0 Å². The first-order valence-electron chi connectivity index (χ1n) is 8.14. The first-order valence-corrected chi connectivity index (χ1v) is 9.50. The summed E-state index contributed by atoms with van der Waals surface area (Å²) in [5.41, 5.74) is 6.03. The third kappa shape index (κ3) is 5.00. The van der Waals surface area contributed by atoms with Crippen LogP contribution in [0.2, 0.25) is 5.02 Å². The SMILES string of the molecule is C=CCSc1ncc(/C=N\Nc2ccc(Cl)cc2)n1Cc1ccccc1. The van der Waals surface area contributed by atoms with E-state index < -0.39 is 0 Å². The van der Waals surface area contributed by atoms with Crippen LogP contribution in [0.5, 0.6) is 0 Å². The fraction of sp³-hybridized carbons (Fsp3) is 0.100. The summed E-state index contributed by atoms with van der Waals surface area (Å²) in [5.74, 6) is 0.811. The van der Waals surface area contributed by atoms with E-state index in [1.807, 2.05) is 54.7 Å². The normalized spacial score (nSPS) is 11.0. The molecule has 0 fully saturated rings. The molecule has 6 heteroatoms. The molecule has 0 atom stereocenters. The highest BCUT2D eigenvalue weighted by molar-refractivity contribution is 7.99. The highest BCUT2D eigenvalue weighted by atomic mass is 35.5. The third-order valence-electron chi connectivity index (χ3n) is 3.60. The minimum absolute atomic E-state index is 0.698. The number of hydrogen-bond acceptors (Lipinski definition) is 4. The van der Waals surface area contributed by atoms with E-state index in [0.717, 1.165) is 28.8 Å². The van der Waals surface area contributed by atoms with Crippen LogP contribution in [0.1, 0.15) is 11.3 Å². The monoisotopic (exact) mass is 382 g/mol. The highest BCUT2D eigenvalue weighted by Gasteiger charge is 2.09.